The van der Waals surface area contributed by atoms with Crippen LogP contribution in [0.25, 0.3) is 77.6 Å². The van der Waals surface area contributed by atoms with Crippen LogP contribution in [0.4, 0.5) is 0 Å². The van der Waals surface area contributed by atoms with Crippen molar-refractivity contribution in [3.63, 3.8) is 0 Å². The molecule has 0 amide bonds. The SMILES string of the molecule is c1ccc2c(-c3nc(-c4ccc5c(c4)C4(c6ccc7ccccc7c6-5)C5CC6CC(C5)CC4C6)nc(-c4cccc5ccccc45)n3)cccc2c1. The van der Waals surface area contributed by atoms with Gasteiger partial charge in [-0.2, -0.15) is 0 Å². The van der Waals surface area contributed by atoms with Crippen LogP contribution < -0.4 is 0 Å². The fraction of sp³-hybridized carbons (Fsp3) is 0.204. The van der Waals surface area contributed by atoms with Crippen LogP contribution in [0, 0.1) is 23.7 Å². The summed E-state index contributed by atoms with van der Waals surface area (Å²) in [6, 6.07) is 51.1. The molecule has 3 nitrogen and oxygen atoms in total. The third-order valence-electron chi connectivity index (χ3n) is 13.5. The van der Waals surface area contributed by atoms with E-state index in [2.05, 4.69) is 140 Å². The second-order valence-corrected chi connectivity index (χ2v) is 16.0. The summed E-state index contributed by atoms with van der Waals surface area (Å²) in [6.45, 7) is 0. The molecule has 1 spiro atoms. The normalized spacial score (nSPS) is 23.8. The highest BCUT2D eigenvalue weighted by Gasteiger charge is 2.61. The lowest BCUT2D eigenvalue weighted by Gasteiger charge is -2.61. The lowest BCUT2D eigenvalue weighted by Crippen LogP contribution is -2.55. The lowest BCUT2D eigenvalue weighted by molar-refractivity contribution is -0.0399. The Hall–Kier alpha value is -5.67. The maximum Gasteiger partial charge on any atom is 0.164 e. The highest BCUT2D eigenvalue weighted by atomic mass is 15.0. The Morgan fingerprint density at radius 1 is 0.404 bits per heavy atom. The molecular weight excluding hydrogens is 631 g/mol. The maximum absolute atomic E-state index is 5.36. The molecule has 13 rings (SSSR count). The number of benzene rings is 7. The molecule has 4 fully saturated rings. The van der Waals surface area contributed by atoms with Gasteiger partial charge in [-0.05, 0) is 116 Å². The van der Waals surface area contributed by atoms with Gasteiger partial charge in [0.25, 0.3) is 0 Å². The van der Waals surface area contributed by atoms with Crippen LogP contribution >= 0.6 is 0 Å². The molecule has 3 heteroatoms. The van der Waals surface area contributed by atoms with Gasteiger partial charge in [0.2, 0.25) is 0 Å². The average Bonchev–Trinajstić information content (AvgIpc) is 3.49. The van der Waals surface area contributed by atoms with Crippen molar-refractivity contribution in [2.24, 2.45) is 23.7 Å². The van der Waals surface area contributed by atoms with Crippen LogP contribution in [0.5, 0.6) is 0 Å². The average molecular weight is 668 g/mol. The number of fused-ring (bicyclic) bond motifs is 7. The molecule has 4 saturated carbocycles. The summed E-state index contributed by atoms with van der Waals surface area (Å²) in [4.78, 5) is 16.0. The predicted molar refractivity (Wildman–Crippen MR) is 212 cm³/mol. The van der Waals surface area contributed by atoms with E-state index in [0.29, 0.717) is 23.5 Å². The van der Waals surface area contributed by atoms with Crippen molar-refractivity contribution in [2.45, 2.75) is 37.5 Å². The van der Waals surface area contributed by atoms with E-state index >= 15 is 0 Å². The van der Waals surface area contributed by atoms with Crippen molar-refractivity contribution >= 4 is 32.3 Å². The maximum atomic E-state index is 5.36. The summed E-state index contributed by atoms with van der Waals surface area (Å²) >= 11 is 0. The number of nitrogens with zero attached hydrogens (tertiary/aromatic N) is 3. The van der Waals surface area contributed by atoms with Gasteiger partial charge in [-0.3, -0.25) is 0 Å². The van der Waals surface area contributed by atoms with Crippen molar-refractivity contribution in [3.05, 3.63) is 151 Å². The van der Waals surface area contributed by atoms with Gasteiger partial charge in [0, 0.05) is 22.1 Å². The van der Waals surface area contributed by atoms with Crippen LogP contribution in [0.15, 0.2) is 140 Å². The van der Waals surface area contributed by atoms with Gasteiger partial charge in [0.1, 0.15) is 0 Å². The van der Waals surface area contributed by atoms with Crippen LogP contribution in [0.3, 0.4) is 0 Å². The Morgan fingerprint density at radius 2 is 0.923 bits per heavy atom. The molecule has 0 aliphatic heterocycles. The van der Waals surface area contributed by atoms with Crippen LogP contribution in [0.2, 0.25) is 0 Å². The molecule has 1 heterocycles. The predicted octanol–water partition coefficient (Wildman–Crippen LogP) is 12.1. The van der Waals surface area contributed by atoms with Crippen LogP contribution in [0.1, 0.15) is 43.2 Å². The zero-order valence-electron chi connectivity index (χ0n) is 29.0. The summed E-state index contributed by atoms with van der Waals surface area (Å²) in [7, 11) is 0. The van der Waals surface area contributed by atoms with Gasteiger partial charge in [-0.1, -0.05) is 133 Å². The zero-order valence-corrected chi connectivity index (χ0v) is 29.0. The molecule has 0 unspecified atom stereocenters. The molecule has 0 N–H and O–H groups in total. The second-order valence-electron chi connectivity index (χ2n) is 16.0. The smallest absolute Gasteiger partial charge is 0.164 e. The van der Waals surface area contributed by atoms with Crippen molar-refractivity contribution in [1.29, 1.82) is 0 Å². The number of aromatic nitrogens is 3. The molecule has 5 aliphatic carbocycles. The van der Waals surface area contributed by atoms with Crippen molar-refractivity contribution in [1.82, 2.24) is 15.0 Å². The molecule has 52 heavy (non-hydrogen) atoms. The fourth-order valence-electron chi connectivity index (χ4n) is 11.7. The van der Waals surface area contributed by atoms with E-state index in [1.54, 1.807) is 5.56 Å². The van der Waals surface area contributed by atoms with Gasteiger partial charge in [-0.25, -0.2) is 15.0 Å². The van der Waals surface area contributed by atoms with Gasteiger partial charge >= 0.3 is 0 Å². The summed E-state index contributed by atoms with van der Waals surface area (Å²) in [6.07, 6.45) is 6.85. The number of hydrogen-bond donors (Lipinski definition) is 0. The fourth-order valence-corrected chi connectivity index (χ4v) is 11.7. The van der Waals surface area contributed by atoms with E-state index in [0.717, 1.165) is 45.1 Å². The lowest BCUT2D eigenvalue weighted by atomic mass is 9.43. The minimum Gasteiger partial charge on any atom is -0.208 e. The molecular formula is C49H37N3. The van der Waals surface area contributed by atoms with Crippen molar-refractivity contribution in [3.8, 4) is 45.3 Å². The monoisotopic (exact) mass is 667 g/mol. The quantitative estimate of drug-likeness (QED) is 0.188. The Labute approximate surface area is 303 Å². The minimum absolute atomic E-state index is 0.0437. The van der Waals surface area contributed by atoms with Gasteiger partial charge < -0.3 is 0 Å². The van der Waals surface area contributed by atoms with Crippen molar-refractivity contribution in [2.75, 3.05) is 0 Å². The Balaban J connectivity index is 1.12. The second kappa shape index (κ2) is 10.7. The van der Waals surface area contributed by atoms with Gasteiger partial charge in [0.15, 0.2) is 17.5 Å². The highest BCUT2D eigenvalue weighted by molar-refractivity contribution is 6.03. The van der Waals surface area contributed by atoms with E-state index in [1.165, 1.54) is 70.3 Å². The van der Waals surface area contributed by atoms with E-state index in [4.69, 9.17) is 15.0 Å². The third-order valence-corrected chi connectivity index (χ3v) is 13.5. The summed E-state index contributed by atoms with van der Waals surface area (Å²) in [5.41, 5.74) is 9.16. The zero-order chi connectivity index (χ0) is 34.0. The minimum atomic E-state index is 0.0437. The van der Waals surface area contributed by atoms with Crippen LogP contribution in [-0.2, 0) is 5.41 Å². The Kier molecular flexibility index (Phi) is 5.95. The first-order valence-corrected chi connectivity index (χ1v) is 19.1. The summed E-state index contributed by atoms with van der Waals surface area (Å²) in [5, 5.41) is 7.37. The van der Waals surface area contributed by atoms with Gasteiger partial charge in [-0.15, -0.1) is 0 Å². The molecule has 0 radical (unpaired) electrons. The molecule has 8 aromatic rings. The van der Waals surface area contributed by atoms with Gasteiger partial charge in [0.05, 0.1) is 0 Å². The first kappa shape index (κ1) is 29.0. The number of rotatable bonds is 3. The molecule has 248 valence electrons. The standard InChI is InChI=1S/C49H37N3/c1-4-14-37-31(9-1)12-7-17-40(37)47-50-46(51-48(52-47)41-18-8-13-32-10-2-5-15-38(32)41)34-19-21-42-44(28-34)49(35-24-29-23-30(26-35)27-36(49)25-29)43-22-20-33-11-3-6-16-39(33)45(42)43/h1-22,28-30,35-36H,23-27H2. The summed E-state index contributed by atoms with van der Waals surface area (Å²) in [5.74, 6) is 5.29. The highest BCUT2D eigenvalue weighted by Crippen LogP contribution is 2.70. The van der Waals surface area contributed by atoms with E-state index in [-0.39, 0.29) is 5.41 Å². The Bertz CT molecular complexity index is 2640. The first-order valence-electron chi connectivity index (χ1n) is 19.1. The molecule has 0 saturated heterocycles. The largest absolute Gasteiger partial charge is 0.208 e. The summed E-state index contributed by atoms with van der Waals surface area (Å²) < 4.78 is 0. The third kappa shape index (κ3) is 3.94. The van der Waals surface area contributed by atoms with Crippen LogP contribution in [-0.4, -0.2) is 15.0 Å². The first-order chi connectivity index (χ1) is 25.7. The van der Waals surface area contributed by atoms with E-state index < -0.39 is 0 Å². The van der Waals surface area contributed by atoms with Crippen molar-refractivity contribution < 1.29 is 0 Å². The van der Waals surface area contributed by atoms with E-state index in [1.807, 2.05) is 0 Å². The number of hydrogen-bond acceptors (Lipinski definition) is 3. The molecule has 5 aliphatic rings. The molecule has 4 bridgehead atoms. The topological polar surface area (TPSA) is 38.7 Å². The molecule has 0 atom stereocenters. The molecule has 1 aromatic heterocycles. The Morgan fingerprint density at radius 3 is 1.54 bits per heavy atom. The van der Waals surface area contributed by atoms with E-state index in [9.17, 15) is 0 Å². The molecule has 7 aromatic carbocycles.